The molecule has 0 aliphatic carbocycles. The fourth-order valence-electron chi connectivity index (χ4n) is 3.18. The van der Waals surface area contributed by atoms with Gasteiger partial charge in [0.1, 0.15) is 0 Å². The monoisotopic (exact) mass is 550 g/mol. The van der Waals surface area contributed by atoms with Crippen molar-refractivity contribution < 1.29 is 9.47 Å². The van der Waals surface area contributed by atoms with Crippen LogP contribution >= 0.6 is 24.0 Å². The number of aliphatic imine (C=N–C) groups is 1. The number of hydrogen-bond donors (Lipinski definition) is 2. The molecule has 0 aliphatic heterocycles. The Balaban J connectivity index is 0.00000363. The molecule has 172 valence electrons. The number of ether oxygens (including phenoxy) is 2. The lowest BCUT2D eigenvalue weighted by molar-refractivity contribution is 0.354. The Bertz CT molecular complexity index is 1030. The van der Waals surface area contributed by atoms with Crippen LogP contribution in [0.3, 0.4) is 0 Å². The van der Waals surface area contributed by atoms with Gasteiger partial charge in [0.15, 0.2) is 23.3 Å². The van der Waals surface area contributed by atoms with E-state index in [1.165, 1.54) is 0 Å². The largest absolute Gasteiger partial charge is 0.493 e. The first-order valence-corrected chi connectivity index (χ1v) is 10.3. The molecule has 32 heavy (non-hydrogen) atoms. The quantitative estimate of drug-likeness (QED) is 0.253. The highest BCUT2D eigenvalue weighted by molar-refractivity contribution is 14.0. The van der Waals surface area contributed by atoms with Gasteiger partial charge in [0, 0.05) is 25.0 Å². The van der Waals surface area contributed by atoms with Gasteiger partial charge in [-0.15, -0.1) is 24.0 Å². The molecular formula is C23H31IN6O2. The van der Waals surface area contributed by atoms with E-state index in [0.717, 1.165) is 40.8 Å². The second kappa shape index (κ2) is 12.3. The number of hydrogen-bond acceptors (Lipinski definition) is 5. The number of methoxy groups -OCH3 is 2. The third kappa shape index (κ3) is 6.59. The Hall–Kier alpha value is -2.82. The maximum atomic E-state index is 5.38. The zero-order valence-electron chi connectivity index (χ0n) is 19.2. The molecule has 0 spiro atoms. The molecule has 0 saturated carbocycles. The van der Waals surface area contributed by atoms with Crippen LogP contribution in [0.25, 0.3) is 5.82 Å². The number of nitrogens with one attached hydrogen (secondary N) is 2. The van der Waals surface area contributed by atoms with Crippen molar-refractivity contribution in [1.29, 1.82) is 0 Å². The summed E-state index contributed by atoms with van der Waals surface area (Å²) in [4.78, 5) is 9.22. The van der Waals surface area contributed by atoms with Gasteiger partial charge >= 0.3 is 0 Å². The molecule has 0 aliphatic rings. The lowest BCUT2D eigenvalue weighted by atomic mass is 10.2. The van der Waals surface area contributed by atoms with Gasteiger partial charge in [0.2, 0.25) is 0 Å². The zero-order valence-corrected chi connectivity index (χ0v) is 21.5. The second-order valence-corrected chi connectivity index (χ2v) is 7.10. The van der Waals surface area contributed by atoms with Crippen LogP contribution in [0.4, 0.5) is 0 Å². The summed E-state index contributed by atoms with van der Waals surface area (Å²) in [6.07, 6.45) is 1.84. The molecular weight excluding hydrogens is 519 g/mol. The predicted molar refractivity (Wildman–Crippen MR) is 137 cm³/mol. The molecule has 0 atom stereocenters. The van der Waals surface area contributed by atoms with Crippen LogP contribution in [0.2, 0.25) is 0 Å². The van der Waals surface area contributed by atoms with Crippen LogP contribution in [0.5, 0.6) is 11.5 Å². The average molecular weight is 550 g/mol. The SMILES string of the molecule is CCNC(=NCc1ccc(-n2nc(C)cc2C)nc1)NCc1ccc(OC)c(OC)c1.I. The van der Waals surface area contributed by atoms with Crippen LogP contribution in [0.15, 0.2) is 47.6 Å². The average Bonchev–Trinajstić information content (AvgIpc) is 3.13. The summed E-state index contributed by atoms with van der Waals surface area (Å²) in [5.74, 6) is 2.96. The van der Waals surface area contributed by atoms with Crippen molar-refractivity contribution in [3.8, 4) is 17.3 Å². The summed E-state index contributed by atoms with van der Waals surface area (Å²) in [7, 11) is 3.26. The van der Waals surface area contributed by atoms with E-state index in [9.17, 15) is 0 Å². The van der Waals surface area contributed by atoms with E-state index >= 15 is 0 Å². The highest BCUT2D eigenvalue weighted by Crippen LogP contribution is 2.27. The molecule has 1 aromatic carbocycles. The van der Waals surface area contributed by atoms with Gasteiger partial charge in [-0.1, -0.05) is 12.1 Å². The van der Waals surface area contributed by atoms with Crippen molar-refractivity contribution >= 4 is 29.9 Å². The molecule has 3 rings (SSSR count). The summed E-state index contributed by atoms with van der Waals surface area (Å²) >= 11 is 0. The van der Waals surface area contributed by atoms with E-state index in [0.29, 0.717) is 24.6 Å². The normalized spacial score (nSPS) is 11.0. The first-order valence-electron chi connectivity index (χ1n) is 10.3. The van der Waals surface area contributed by atoms with Crippen LogP contribution in [0, 0.1) is 13.8 Å². The maximum absolute atomic E-state index is 5.38. The van der Waals surface area contributed by atoms with E-state index in [1.807, 2.05) is 68.0 Å². The predicted octanol–water partition coefficient (Wildman–Crippen LogP) is 3.77. The molecule has 0 amide bonds. The van der Waals surface area contributed by atoms with Crippen LogP contribution in [0.1, 0.15) is 29.4 Å². The summed E-state index contributed by atoms with van der Waals surface area (Å²) in [5, 5.41) is 11.1. The molecule has 0 bridgehead atoms. The highest BCUT2D eigenvalue weighted by Gasteiger charge is 2.07. The molecule has 0 fully saturated rings. The Morgan fingerprint density at radius 3 is 2.34 bits per heavy atom. The van der Waals surface area contributed by atoms with Gasteiger partial charge in [0.25, 0.3) is 0 Å². The Labute approximate surface area is 206 Å². The van der Waals surface area contributed by atoms with Crippen LogP contribution in [-0.4, -0.2) is 41.5 Å². The molecule has 9 heteroatoms. The van der Waals surface area contributed by atoms with E-state index in [1.54, 1.807) is 14.2 Å². The van der Waals surface area contributed by atoms with Gasteiger partial charge < -0.3 is 20.1 Å². The van der Waals surface area contributed by atoms with Crippen molar-refractivity contribution in [2.45, 2.75) is 33.9 Å². The van der Waals surface area contributed by atoms with E-state index < -0.39 is 0 Å². The summed E-state index contributed by atoms with van der Waals surface area (Å²) in [6.45, 7) is 7.94. The topological polar surface area (TPSA) is 85.6 Å². The molecule has 3 aromatic rings. The number of rotatable bonds is 8. The number of benzene rings is 1. The molecule has 0 saturated heterocycles. The summed E-state index contributed by atoms with van der Waals surface area (Å²) < 4.78 is 12.5. The molecule has 2 N–H and O–H groups in total. The van der Waals surface area contributed by atoms with E-state index in [2.05, 4.69) is 25.7 Å². The zero-order chi connectivity index (χ0) is 22.2. The fraction of sp³-hybridized carbons (Fsp3) is 0.348. The minimum Gasteiger partial charge on any atom is -0.493 e. The standard InChI is InChI=1S/C23H30N6O2.HI/c1-6-24-23(26-13-18-7-9-20(30-4)21(12-18)31-5)27-15-19-8-10-22(25-14-19)29-17(3)11-16(2)28-29;/h7-12,14H,6,13,15H2,1-5H3,(H2,24,26,27);1H. The van der Waals surface area contributed by atoms with Crippen LogP contribution in [-0.2, 0) is 13.1 Å². The van der Waals surface area contributed by atoms with Gasteiger partial charge in [-0.25, -0.2) is 14.7 Å². The maximum Gasteiger partial charge on any atom is 0.191 e. The van der Waals surface area contributed by atoms with Gasteiger partial charge in [-0.3, -0.25) is 0 Å². The lowest BCUT2D eigenvalue weighted by Crippen LogP contribution is -2.36. The minimum atomic E-state index is 0. The molecule has 0 unspecified atom stereocenters. The third-order valence-electron chi connectivity index (χ3n) is 4.71. The molecule has 2 aromatic heterocycles. The number of aryl methyl sites for hydroxylation is 2. The number of nitrogens with zero attached hydrogens (tertiary/aromatic N) is 4. The van der Waals surface area contributed by atoms with Crippen molar-refractivity contribution in [3.63, 3.8) is 0 Å². The second-order valence-electron chi connectivity index (χ2n) is 7.10. The molecule has 0 radical (unpaired) electrons. The van der Waals surface area contributed by atoms with E-state index in [-0.39, 0.29) is 24.0 Å². The minimum absolute atomic E-state index is 0. The highest BCUT2D eigenvalue weighted by atomic mass is 127. The number of guanidine groups is 1. The Morgan fingerprint density at radius 1 is 1.00 bits per heavy atom. The van der Waals surface area contributed by atoms with Crippen molar-refractivity contribution in [1.82, 2.24) is 25.4 Å². The van der Waals surface area contributed by atoms with Crippen LogP contribution < -0.4 is 20.1 Å². The van der Waals surface area contributed by atoms with Crippen molar-refractivity contribution in [2.75, 3.05) is 20.8 Å². The fourth-order valence-corrected chi connectivity index (χ4v) is 3.18. The number of pyridine rings is 1. The third-order valence-corrected chi connectivity index (χ3v) is 4.71. The summed E-state index contributed by atoms with van der Waals surface area (Å²) in [5.41, 5.74) is 4.13. The van der Waals surface area contributed by atoms with Gasteiger partial charge in [-0.05, 0) is 56.2 Å². The Morgan fingerprint density at radius 2 is 1.75 bits per heavy atom. The van der Waals surface area contributed by atoms with Gasteiger partial charge in [0.05, 0.1) is 26.5 Å². The van der Waals surface area contributed by atoms with Gasteiger partial charge in [-0.2, -0.15) is 5.10 Å². The first-order chi connectivity index (χ1) is 15.0. The number of halogens is 1. The van der Waals surface area contributed by atoms with Crippen molar-refractivity contribution in [2.24, 2.45) is 4.99 Å². The number of aromatic nitrogens is 3. The Kier molecular flexibility index (Phi) is 9.76. The molecule has 2 heterocycles. The van der Waals surface area contributed by atoms with Crippen molar-refractivity contribution in [3.05, 3.63) is 65.1 Å². The first kappa shape index (κ1) is 25.4. The molecule has 8 nitrogen and oxygen atoms in total. The lowest BCUT2D eigenvalue weighted by Gasteiger charge is -2.13. The van der Waals surface area contributed by atoms with E-state index in [4.69, 9.17) is 9.47 Å². The summed E-state index contributed by atoms with van der Waals surface area (Å²) in [6, 6.07) is 11.9. The smallest absolute Gasteiger partial charge is 0.191 e.